The van der Waals surface area contributed by atoms with Gasteiger partial charge in [-0.2, -0.15) is 0 Å². The molecule has 0 aliphatic carbocycles. The van der Waals surface area contributed by atoms with E-state index in [2.05, 4.69) is 15.0 Å². The Kier molecular flexibility index (Phi) is 1.52. The molecule has 0 bridgehead atoms. The average molecular weight is 231 g/mol. The molecule has 0 aliphatic rings. The van der Waals surface area contributed by atoms with Crippen LogP contribution < -0.4 is 5.73 Å². The maximum atomic E-state index is 5.65. The van der Waals surface area contributed by atoms with Gasteiger partial charge in [0.2, 0.25) is 0 Å². The van der Waals surface area contributed by atoms with Crippen molar-refractivity contribution < 1.29 is 0 Å². The molecule has 3 N–H and O–H groups in total. The first kappa shape index (κ1) is 6.97. The number of fused-ring (bicyclic) bond motifs is 1. The Morgan fingerprint density at radius 2 is 2.45 bits per heavy atom. The van der Waals surface area contributed by atoms with Gasteiger partial charge in [-0.1, -0.05) is 0 Å². The summed E-state index contributed by atoms with van der Waals surface area (Å²) in [6, 6.07) is 0. The van der Waals surface area contributed by atoms with Crippen LogP contribution in [0.2, 0.25) is 0 Å². The van der Waals surface area contributed by atoms with Crippen molar-refractivity contribution in [3.05, 3.63) is 9.84 Å². The van der Waals surface area contributed by atoms with Gasteiger partial charge in [0, 0.05) is 0 Å². The van der Waals surface area contributed by atoms with E-state index in [9.17, 15) is 0 Å². The molecule has 4 nitrogen and oxygen atoms in total. The van der Waals surface area contributed by atoms with Crippen LogP contribution in [-0.2, 0) is 0 Å². The van der Waals surface area contributed by atoms with Crippen molar-refractivity contribution in [1.29, 1.82) is 0 Å². The SMILES string of the molecule is Nc1[nH]c(=S)nc2nc[se]c12. The number of nitrogen functional groups attached to an aromatic ring is 1. The number of rotatable bonds is 0. The van der Waals surface area contributed by atoms with Crippen molar-refractivity contribution in [3.8, 4) is 0 Å². The van der Waals surface area contributed by atoms with Crippen molar-refractivity contribution in [2.45, 2.75) is 0 Å². The first-order valence-electron chi connectivity index (χ1n) is 2.86. The minimum absolute atomic E-state index is 0.228. The number of nitrogens with two attached hydrogens (primary N) is 1. The van der Waals surface area contributed by atoms with Crippen molar-refractivity contribution in [2.24, 2.45) is 0 Å². The van der Waals surface area contributed by atoms with E-state index in [-0.39, 0.29) is 14.5 Å². The molecule has 0 saturated heterocycles. The number of nitrogens with one attached hydrogen (secondary N) is 1. The van der Waals surface area contributed by atoms with Crippen molar-refractivity contribution in [2.75, 3.05) is 5.73 Å². The summed E-state index contributed by atoms with van der Waals surface area (Å²) < 4.78 is 1.40. The van der Waals surface area contributed by atoms with Crippen LogP contribution in [0.3, 0.4) is 0 Å². The van der Waals surface area contributed by atoms with Gasteiger partial charge in [-0.3, -0.25) is 0 Å². The number of nitrogens with zero attached hydrogens (tertiary/aromatic N) is 2. The number of aromatic amines is 1. The van der Waals surface area contributed by atoms with Crippen molar-refractivity contribution >= 4 is 42.4 Å². The van der Waals surface area contributed by atoms with Crippen LogP contribution in [-0.4, -0.2) is 29.5 Å². The number of H-pyrrole nitrogens is 1. The summed E-state index contributed by atoms with van der Waals surface area (Å²) in [5, 5.41) is 1.84. The Bertz CT molecular complexity index is 445. The van der Waals surface area contributed by atoms with Gasteiger partial charge in [-0.15, -0.1) is 0 Å². The summed E-state index contributed by atoms with van der Waals surface area (Å²) in [5.41, 5.74) is 6.33. The fraction of sp³-hybridized carbons (Fsp3) is 0. The summed E-state index contributed by atoms with van der Waals surface area (Å²) in [5.74, 6) is 0.609. The van der Waals surface area contributed by atoms with Crippen LogP contribution in [0, 0.1) is 4.77 Å². The van der Waals surface area contributed by atoms with Crippen LogP contribution in [0.4, 0.5) is 5.82 Å². The molecule has 2 aromatic heterocycles. The quantitative estimate of drug-likeness (QED) is 0.506. The van der Waals surface area contributed by atoms with Gasteiger partial charge >= 0.3 is 73.0 Å². The van der Waals surface area contributed by atoms with Gasteiger partial charge in [0.05, 0.1) is 0 Å². The predicted molar refractivity (Wildman–Crippen MR) is 46.1 cm³/mol. The molecule has 11 heavy (non-hydrogen) atoms. The van der Waals surface area contributed by atoms with Crippen LogP contribution in [0.5, 0.6) is 0 Å². The van der Waals surface area contributed by atoms with E-state index in [1.807, 2.05) is 5.07 Å². The molecule has 2 heterocycles. The van der Waals surface area contributed by atoms with Crippen LogP contribution >= 0.6 is 12.2 Å². The van der Waals surface area contributed by atoms with E-state index in [1.165, 1.54) is 0 Å². The Labute approximate surface area is 73.2 Å². The van der Waals surface area contributed by atoms with Crippen molar-refractivity contribution in [3.63, 3.8) is 0 Å². The number of hydrogen-bond donors (Lipinski definition) is 2. The molecule has 2 aromatic rings. The third-order valence-electron chi connectivity index (χ3n) is 1.24. The molecule has 6 heteroatoms. The third kappa shape index (κ3) is 1.09. The molecule has 56 valence electrons. The molecule has 0 radical (unpaired) electrons. The molecule has 0 aromatic carbocycles. The second-order valence-electron chi connectivity index (χ2n) is 1.96. The summed E-state index contributed by atoms with van der Waals surface area (Å²) in [6.45, 7) is 0. The summed E-state index contributed by atoms with van der Waals surface area (Å²) in [6.07, 6.45) is 0. The normalized spacial score (nSPS) is 10.5. The Balaban J connectivity index is 3.02. The minimum atomic E-state index is 0.228. The Hall–Kier alpha value is -0.711. The summed E-state index contributed by atoms with van der Waals surface area (Å²) in [7, 11) is 0. The van der Waals surface area contributed by atoms with Gasteiger partial charge in [-0.05, 0) is 0 Å². The topological polar surface area (TPSA) is 67.6 Å². The van der Waals surface area contributed by atoms with Gasteiger partial charge in [0.25, 0.3) is 0 Å². The number of hydrogen-bond acceptors (Lipinski definition) is 4. The molecule has 0 fully saturated rings. The standard InChI is InChI=1S/C5H4N4SSe/c6-3-2-4(7-1-11-2)9-5(10)8-3/h1H,(H3,6,8,9,10). The van der Waals surface area contributed by atoms with Crippen LogP contribution in [0.1, 0.15) is 0 Å². The third-order valence-corrected chi connectivity index (χ3v) is 3.22. The van der Waals surface area contributed by atoms with E-state index in [0.29, 0.717) is 16.2 Å². The second kappa shape index (κ2) is 2.41. The zero-order valence-corrected chi connectivity index (χ0v) is 7.90. The Morgan fingerprint density at radius 1 is 1.64 bits per heavy atom. The molecule has 0 saturated carbocycles. The zero-order chi connectivity index (χ0) is 7.84. The molecule has 0 unspecified atom stereocenters. The number of anilines is 1. The second-order valence-corrected chi connectivity index (χ2v) is 4.14. The van der Waals surface area contributed by atoms with Gasteiger partial charge < -0.3 is 0 Å². The molecule has 0 amide bonds. The van der Waals surface area contributed by atoms with E-state index in [4.69, 9.17) is 18.0 Å². The molecule has 0 atom stereocenters. The summed E-state index contributed by atoms with van der Waals surface area (Å²) in [4.78, 5) is 10.8. The van der Waals surface area contributed by atoms with Gasteiger partial charge in [0.1, 0.15) is 0 Å². The monoisotopic (exact) mass is 232 g/mol. The molecule has 0 aliphatic heterocycles. The van der Waals surface area contributed by atoms with Gasteiger partial charge in [0.15, 0.2) is 0 Å². The maximum absolute atomic E-state index is 5.65. The first-order valence-corrected chi connectivity index (χ1v) is 5.12. The van der Waals surface area contributed by atoms with E-state index in [0.717, 1.165) is 4.26 Å². The van der Waals surface area contributed by atoms with Crippen LogP contribution in [0.15, 0.2) is 5.07 Å². The van der Waals surface area contributed by atoms with Gasteiger partial charge in [-0.25, -0.2) is 0 Å². The predicted octanol–water partition coefficient (Wildman–Crippen LogP) is 0.327. The molecule has 2 rings (SSSR count). The van der Waals surface area contributed by atoms with Crippen LogP contribution in [0.25, 0.3) is 9.91 Å². The average Bonchev–Trinajstić information content (AvgIpc) is 2.34. The van der Waals surface area contributed by atoms with E-state index >= 15 is 0 Å². The summed E-state index contributed by atoms with van der Waals surface area (Å²) >= 11 is 5.06. The van der Waals surface area contributed by atoms with E-state index in [1.54, 1.807) is 0 Å². The first-order chi connectivity index (χ1) is 5.27. The van der Waals surface area contributed by atoms with Crippen molar-refractivity contribution in [1.82, 2.24) is 15.0 Å². The number of aromatic nitrogens is 3. The molecular weight excluding hydrogens is 227 g/mol. The van der Waals surface area contributed by atoms with E-state index < -0.39 is 0 Å². The zero-order valence-electron chi connectivity index (χ0n) is 5.37. The molecular formula is C5H4N4SSe. The molecule has 0 spiro atoms. The fourth-order valence-corrected chi connectivity index (χ4v) is 2.34. The Morgan fingerprint density at radius 3 is 3.27 bits per heavy atom. The fourth-order valence-electron chi connectivity index (χ4n) is 0.800.